The van der Waals surface area contributed by atoms with Gasteiger partial charge in [0.2, 0.25) is 5.91 Å². The van der Waals surface area contributed by atoms with Crippen molar-refractivity contribution >= 4 is 39.8 Å². The second-order valence-electron chi connectivity index (χ2n) is 6.26. The minimum Gasteiger partial charge on any atom is -0.357 e. The van der Waals surface area contributed by atoms with Gasteiger partial charge in [-0.2, -0.15) is 0 Å². The molecule has 3 aromatic rings. The summed E-state index contributed by atoms with van der Waals surface area (Å²) >= 11 is 6.10. The SMILES string of the molecule is O=C(Nc1ccccc1)C1CNCCN1c1ccnc2cc(Cl)ccc12. The van der Waals surface area contributed by atoms with Gasteiger partial charge in [0.05, 0.1) is 5.52 Å². The second kappa shape index (κ2) is 7.32. The Morgan fingerprint density at radius 1 is 1.19 bits per heavy atom. The first-order valence-corrected chi connectivity index (χ1v) is 8.98. The molecule has 6 heteroatoms. The van der Waals surface area contributed by atoms with E-state index in [-0.39, 0.29) is 11.9 Å². The number of amides is 1. The molecule has 2 N–H and O–H groups in total. The highest BCUT2D eigenvalue weighted by Gasteiger charge is 2.30. The number of nitrogens with one attached hydrogen (secondary N) is 2. The number of aromatic nitrogens is 1. The summed E-state index contributed by atoms with van der Waals surface area (Å²) in [5, 5.41) is 7.98. The first-order valence-electron chi connectivity index (χ1n) is 8.60. The molecule has 0 bridgehead atoms. The van der Waals surface area contributed by atoms with Gasteiger partial charge >= 0.3 is 0 Å². The van der Waals surface area contributed by atoms with Gasteiger partial charge in [-0.05, 0) is 36.4 Å². The smallest absolute Gasteiger partial charge is 0.248 e. The molecule has 2 aromatic carbocycles. The van der Waals surface area contributed by atoms with E-state index in [0.29, 0.717) is 11.6 Å². The molecule has 1 amide bonds. The van der Waals surface area contributed by atoms with E-state index in [1.165, 1.54) is 0 Å². The van der Waals surface area contributed by atoms with Crippen molar-refractivity contribution in [1.82, 2.24) is 10.3 Å². The largest absolute Gasteiger partial charge is 0.357 e. The molecule has 1 unspecified atom stereocenters. The molecule has 132 valence electrons. The number of carbonyl (C=O) groups is 1. The van der Waals surface area contributed by atoms with E-state index < -0.39 is 0 Å². The highest BCUT2D eigenvalue weighted by molar-refractivity contribution is 6.31. The third-order valence-electron chi connectivity index (χ3n) is 4.58. The Hall–Kier alpha value is -2.63. The molecular formula is C20H19ClN4O. The Morgan fingerprint density at radius 2 is 2.04 bits per heavy atom. The Bertz CT molecular complexity index is 932. The molecule has 0 saturated carbocycles. The Labute approximate surface area is 157 Å². The Balaban J connectivity index is 1.67. The second-order valence-corrected chi connectivity index (χ2v) is 6.70. The van der Waals surface area contributed by atoms with E-state index in [9.17, 15) is 4.79 Å². The summed E-state index contributed by atoms with van der Waals surface area (Å²) in [6, 6.07) is 16.9. The number of anilines is 2. The quantitative estimate of drug-likeness (QED) is 0.746. The van der Waals surface area contributed by atoms with Crippen LogP contribution >= 0.6 is 11.6 Å². The van der Waals surface area contributed by atoms with Crippen molar-refractivity contribution in [2.24, 2.45) is 0 Å². The number of rotatable bonds is 3. The molecule has 1 saturated heterocycles. The standard InChI is InChI=1S/C20H19ClN4O/c21-14-6-7-16-17(12-14)23-9-8-18(16)25-11-10-22-13-19(25)20(26)24-15-4-2-1-3-5-15/h1-9,12,19,22H,10-11,13H2,(H,24,26). The molecule has 0 radical (unpaired) electrons. The van der Waals surface area contributed by atoms with Crippen LogP contribution < -0.4 is 15.5 Å². The maximum absolute atomic E-state index is 12.9. The first kappa shape index (κ1) is 16.8. The van der Waals surface area contributed by atoms with Gasteiger partial charge in [-0.15, -0.1) is 0 Å². The fourth-order valence-electron chi connectivity index (χ4n) is 3.33. The maximum atomic E-state index is 12.9. The van der Waals surface area contributed by atoms with E-state index in [0.717, 1.165) is 35.4 Å². The minimum absolute atomic E-state index is 0.0256. The van der Waals surface area contributed by atoms with Crippen LogP contribution in [0.4, 0.5) is 11.4 Å². The average Bonchev–Trinajstić information content (AvgIpc) is 2.68. The van der Waals surface area contributed by atoms with Gasteiger partial charge < -0.3 is 15.5 Å². The van der Waals surface area contributed by atoms with Gasteiger partial charge in [-0.3, -0.25) is 9.78 Å². The van der Waals surface area contributed by atoms with Crippen LogP contribution in [-0.2, 0) is 4.79 Å². The number of hydrogen-bond donors (Lipinski definition) is 2. The zero-order chi connectivity index (χ0) is 17.9. The molecule has 1 aromatic heterocycles. The average molecular weight is 367 g/mol. The lowest BCUT2D eigenvalue weighted by Gasteiger charge is -2.37. The van der Waals surface area contributed by atoms with Gasteiger partial charge in [-0.25, -0.2) is 0 Å². The lowest BCUT2D eigenvalue weighted by Crippen LogP contribution is -2.56. The number of halogens is 1. The third kappa shape index (κ3) is 3.36. The molecule has 26 heavy (non-hydrogen) atoms. The van der Waals surface area contributed by atoms with Crippen molar-refractivity contribution in [2.75, 3.05) is 29.9 Å². The zero-order valence-corrected chi connectivity index (χ0v) is 14.9. The summed E-state index contributed by atoms with van der Waals surface area (Å²) in [6.45, 7) is 2.16. The predicted octanol–water partition coefficient (Wildman–Crippen LogP) is 3.31. The van der Waals surface area contributed by atoms with E-state index in [2.05, 4.69) is 20.5 Å². The van der Waals surface area contributed by atoms with Gasteiger partial charge in [0.1, 0.15) is 6.04 Å². The Morgan fingerprint density at radius 3 is 2.88 bits per heavy atom. The van der Waals surface area contributed by atoms with Crippen LogP contribution in [0.3, 0.4) is 0 Å². The van der Waals surface area contributed by atoms with Crippen LogP contribution in [0.15, 0.2) is 60.8 Å². The highest BCUT2D eigenvalue weighted by Crippen LogP contribution is 2.29. The van der Waals surface area contributed by atoms with Gasteiger partial charge in [0.25, 0.3) is 0 Å². The summed E-state index contributed by atoms with van der Waals surface area (Å²) < 4.78 is 0. The predicted molar refractivity (Wildman–Crippen MR) is 106 cm³/mol. The van der Waals surface area contributed by atoms with Crippen LogP contribution in [0, 0.1) is 0 Å². The molecule has 2 heterocycles. The molecule has 1 aliphatic rings. The number of fused-ring (bicyclic) bond motifs is 1. The maximum Gasteiger partial charge on any atom is 0.248 e. The molecule has 4 rings (SSSR count). The Kier molecular flexibility index (Phi) is 4.73. The summed E-state index contributed by atoms with van der Waals surface area (Å²) in [7, 11) is 0. The summed E-state index contributed by atoms with van der Waals surface area (Å²) in [5.74, 6) is -0.0256. The number of piperazine rings is 1. The first-order chi connectivity index (χ1) is 12.7. The summed E-state index contributed by atoms with van der Waals surface area (Å²) in [6.07, 6.45) is 1.77. The van der Waals surface area contributed by atoms with Crippen LogP contribution in [0.25, 0.3) is 10.9 Å². The highest BCUT2D eigenvalue weighted by atomic mass is 35.5. The minimum atomic E-state index is -0.301. The van der Waals surface area contributed by atoms with E-state index in [4.69, 9.17) is 11.6 Å². The monoisotopic (exact) mass is 366 g/mol. The number of nitrogens with zero attached hydrogens (tertiary/aromatic N) is 2. The lowest BCUT2D eigenvalue weighted by molar-refractivity contribution is -0.117. The molecule has 1 fully saturated rings. The summed E-state index contributed by atoms with van der Waals surface area (Å²) in [5.41, 5.74) is 2.63. The van der Waals surface area contributed by atoms with Crippen molar-refractivity contribution < 1.29 is 4.79 Å². The fourth-order valence-corrected chi connectivity index (χ4v) is 3.50. The van der Waals surface area contributed by atoms with E-state index >= 15 is 0 Å². The van der Waals surface area contributed by atoms with Crippen LogP contribution in [0.2, 0.25) is 5.02 Å². The van der Waals surface area contributed by atoms with Gasteiger partial charge in [0, 0.05) is 47.6 Å². The summed E-state index contributed by atoms with van der Waals surface area (Å²) in [4.78, 5) is 19.5. The number of carbonyl (C=O) groups excluding carboxylic acids is 1. The van der Waals surface area contributed by atoms with Crippen molar-refractivity contribution in [1.29, 1.82) is 0 Å². The van der Waals surface area contributed by atoms with Gasteiger partial charge in [0.15, 0.2) is 0 Å². The topological polar surface area (TPSA) is 57.3 Å². The fraction of sp³-hybridized carbons (Fsp3) is 0.200. The molecular weight excluding hydrogens is 348 g/mol. The molecule has 1 atom stereocenters. The number of benzene rings is 2. The molecule has 0 aliphatic carbocycles. The molecule has 1 aliphatic heterocycles. The number of pyridine rings is 1. The van der Waals surface area contributed by atoms with Crippen molar-refractivity contribution in [3.05, 3.63) is 65.8 Å². The van der Waals surface area contributed by atoms with Crippen molar-refractivity contribution in [2.45, 2.75) is 6.04 Å². The van der Waals surface area contributed by atoms with E-state index in [1.807, 2.05) is 54.6 Å². The number of para-hydroxylation sites is 1. The van der Waals surface area contributed by atoms with Crippen molar-refractivity contribution in [3.63, 3.8) is 0 Å². The van der Waals surface area contributed by atoms with Gasteiger partial charge in [-0.1, -0.05) is 29.8 Å². The number of hydrogen-bond acceptors (Lipinski definition) is 4. The zero-order valence-electron chi connectivity index (χ0n) is 14.2. The van der Waals surface area contributed by atoms with Crippen LogP contribution in [0.5, 0.6) is 0 Å². The molecule has 5 nitrogen and oxygen atoms in total. The third-order valence-corrected chi connectivity index (χ3v) is 4.81. The van der Waals surface area contributed by atoms with Crippen LogP contribution in [-0.4, -0.2) is 36.6 Å². The molecule has 0 spiro atoms. The van der Waals surface area contributed by atoms with Crippen molar-refractivity contribution in [3.8, 4) is 0 Å². The van der Waals surface area contributed by atoms with E-state index in [1.54, 1.807) is 6.20 Å². The van der Waals surface area contributed by atoms with Crippen LogP contribution in [0.1, 0.15) is 0 Å². The normalized spacial score (nSPS) is 17.3. The lowest BCUT2D eigenvalue weighted by atomic mass is 10.1.